The summed E-state index contributed by atoms with van der Waals surface area (Å²) in [6.07, 6.45) is 3.63. The van der Waals surface area contributed by atoms with Crippen LogP contribution < -0.4 is 0 Å². The number of hydrogen-bond acceptors (Lipinski definition) is 3. The van der Waals surface area contributed by atoms with Crippen molar-refractivity contribution in [2.75, 3.05) is 0 Å². The normalized spacial score (nSPS) is 10.3. The third-order valence-corrected chi connectivity index (χ3v) is 3.35. The fourth-order valence-corrected chi connectivity index (χ4v) is 2.66. The van der Waals surface area contributed by atoms with Crippen molar-refractivity contribution in [3.05, 3.63) is 34.1 Å². The van der Waals surface area contributed by atoms with Crippen LogP contribution in [0.15, 0.2) is 28.4 Å². The van der Waals surface area contributed by atoms with Crippen molar-refractivity contribution < 1.29 is 0 Å². The summed E-state index contributed by atoms with van der Waals surface area (Å²) in [5, 5.41) is 0. The molecule has 13 heavy (non-hydrogen) atoms. The van der Waals surface area contributed by atoms with Crippen LogP contribution in [0.5, 0.6) is 0 Å². The van der Waals surface area contributed by atoms with Gasteiger partial charge in [-0.05, 0) is 28.9 Å². The quantitative estimate of drug-likeness (QED) is 0.781. The highest BCUT2D eigenvalue weighted by molar-refractivity contribution is 9.11. The van der Waals surface area contributed by atoms with Crippen LogP contribution in [0.25, 0.3) is 10.4 Å². The van der Waals surface area contributed by atoms with Crippen molar-refractivity contribution in [1.82, 2.24) is 9.97 Å². The van der Waals surface area contributed by atoms with Crippen molar-refractivity contribution >= 4 is 27.3 Å². The summed E-state index contributed by atoms with van der Waals surface area (Å²) in [6.45, 7) is 2.00. The standard InChI is InChI=1S/C9H7BrN2S/c1-6-8(13-9(10)12-6)7-3-2-4-11-5-7/h2-5H,1H3. The molecule has 2 heterocycles. The highest BCUT2D eigenvalue weighted by Crippen LogP contribution is 2.31. The van der Waals surface area contributed by atoms with E-state index in [0.717, 1.165) is 15.2 Å². The number of pyridine rings is 1. The zero-order valence-electron chi connectivity index (χ0n) is 6.99. The summed E-state index contributed by atoms with van der Waals surface area (Å²) in [7, 11) is 0. The van der Waals surface area contributed by atoms with E-state index in [4.69, 9.17) is 0 Å². The Morgan fingerprint density at radius 3 is 2.85 bits per heavy atom. The second-order valence-corrected chi connectivity index (χ2v) is 4.90. The number of hydrogen-bond donors (Lipinski definition) is 0. The van der Waals surface area contributed by atoms with Crippen LogP contribution in [-0.2, 0) is 0 Å². The molecule has 66 valence electrons. The minimum atomic E-state index is 0.920. The minimum Gasteiger partial charge on any atom is -0.264 e. The van der Waals surface area contributed by atoms with Gasteiger partial charge in [-0.2, -0.15) is 0 Å². The summed E-state index contributed by atoms with van der Waals surface area (Å²) in [4.78, 5) is 9.55. The number of aromatic nitrogens is 2. The molecule has 2 aromatic heterocycles. The van der Waals surface area contributed by atoms with Gasteiger partial charge in [0.05, 0.1) is 10.6 Å². The van der Waals surface area contributed by atoms with Gasteiger partial charge in [0.2, 0.25) is 0 Å². The van der Waals surface area contributed by atoms with E-state index in [9.17, 15) is 0 Å². The van der Waals surface area contributed by atoms with E-state index in [2.05, 4.69) is 25.9 Å². The first-order chi connectivity index (χ1) is 6.27. The Kier molecular flexibility index (Phi) is 2.42. The SMILES string of the molecule is Cc1nc(Br)sc1-c1cccnc1. The van der Waals surface area contributed by atoms with E-state index in [1.54, 1.807) is 17.5 Å². The zero-order valence-corrected chi connectivity index (χ0v) is 9.39. The number of halogens is 1. The highest BCUT2D eigenvalue weighted by atomic mass is 79.9. The van der Waals surface area contributed by atoms with E-state index in [-0.39, 0.29) is 0 Å². The van der Waals surface area contributed by atoms with E-state index >= 15 is 0 Å². The van der Waals surface area contributed by atoms with Crippen LogP contribution in [0.1, 0.15) is 5.69 Å². The molecule has 2 nitrogen and oxygen atoms in total. The third-order valence-electron chi connectivity index (χ3n) is 1.69. The molecule has 0 N–H and O–H groups in total. The van der Waals surface area contributed by atoms with Gasteiger partial charge in [0.15, 0.2) is 3.92 Å². The smallest absolute Gasteiger partial charge is 0.159 e. The van der Waals surface area contributed by atoms with Crippen LogP contribution in [0.4, 0.5) is 0 Å². The first-order valence-electron chi connectivity index (χ1n) is 3.80. The second kappa shape index (κ2) is 3.55. The molecule has 2 aromatic rings. The molecule has 0 atom stereocenters. The third kappa shape index (κ3) is 1.78. The largest absolute Gasteiger partial charge is 0.264 e. The van der Waals surface area contributed by atoms with Crippen molar-refractivity contribution in [1.29, 1.82) is 0 Å². The monoisotopic (exact) mass is 254 g/mol. The number of aryl methyl sites for hydroxylation is 1. The summed E-state index contributed by atoms with van der Waals surface area (Å²) in [6, 6.07) is 3.97. The topological polar surface area (TPSA) is 25.8 Å². The van der Waals surface area contributed by atoms with E-state index in [1.165, 1.54) is 4.88 Å². The molecule has 0 radical (unpaired) electrons. The first kappa shape index (κ1) is 8.84. The van der Waals surface area contributed by atoms with Gasteiger partial charge in [0.1, 0.15) is 0 Å². The van der Waals surface area contributed by atoms with Gasteiger partial charge in [0, 0.05) is 18.0 Å². The molecule has 0 unspecified atom stereocenters. The molecular weight excluding hydrogens is 248 g/mol. The van der Waals surface area contributed by atoms with Gasteiger partial charge in [0.25, 0.3) is 0 Å². The Hall–Kier alpha value is -0.740. The molecule has 0 saturated carbocycles. The van der Waals surface area contributed by atoms with Crippen molar-refractivity contribution in [3.63, 3.8) is 0 Å². The molecule has 0 aliphatic carbocycles. The summed E-state index contributed by atoms with van der Waals surface area (Å²) in [5.74, 6) is 0. The van der Waals surface area contributed by atoms with Crippen LogP contribution >= 0.6 is 27.3 Å². The average molecular weight is 255 g/mol. The summed E-state index contributed by atoms with van der Waals surface area (Å²) >= 11 is 5.00. The number of nitrogens with zero attached hydrogens (tertiary/aromatic N) is 2. The van der Waals surface area contributed by atoms with Crippen molar-refractivity contribution in [2.45, 2.75) is 6.92 Å². The minimum absolute atomic E-state index is 0.920. The Morgan fingerprint density at radius 1 is 1.46 bits per heavy atom. The molecule has 0 aliphatic rings. The molecule has 0 aromatic carbocycles. The maximum Gasteiger partial charge on any atom is 0.159 e. The fourth-order valence-electron chi connectivity index (χ4n) is 1.13. The van der Waals surface area contributed by atoms with Gasteiger partial charge in [-0.25, -0.2) is 4.98 Å². The van der Waals surface area contributed by atoms with Crippen LogP contribution in [0, 0.1) is 6.92 Å². The lowest BCUT2D eigenvalue weighted by Crippen LogP contribution is -1.78. The maximum atomic E-state index is 4.29. The van der Waals surface area contributed by atoms with Crippen LogP contribution in [0.2, 0.25) is 0 Å². The lowest BCUT2D eigenvalue weighted by atomic mass is 10.2. The van der Waals surface area contributed by atoms with Gasteiger partial charge in [-0.15, -0.1) is 11.3 Å². The van der Waals surface area contributed by atoms with Crippen LogP contribution in [-0.4, -0.2) is 9.97 Å². The van der Waals surface area contributed by atoms with Crippen molar-refractivity contribution in [3.8, 4) is 10.4 Å². The van der Waals surface area contributed by atoms with Gasteiger partial charge < -0.3 is 0 Å². The molecule has 0 bridgehead atoms. The summed E-state index contributed by atoms with van der Waals surface area (Å²) < 4.78 is 0.920. The van der Waals surface area contributed by atoms with E-state index in [0.29, 0.717) is 0 Å². The molecule has 2 rings (SSSR count). The molecule has 0 saturated heterocycles. The highest BCUT2D eigenvalue weighted by Gasteiger charge is 2.07. The molecule has 4 heteroatoms. The second-order valence-electron chi connectivity index (χ2n) is 2.62. The molecule has 0 amide bonds. The van der Waals surface area contributed by atoms with E-state index in [1.807, 2.05) is 25.3 Å². The molecular formula is C9H7BrN2S. The Balaban J connectivity index is 2.53. The fraction of sp³-hybridized carbons (Fsp3) is 0.111. The molecule has 0 spiro atoms. The Labute approximate surface area is 88.8 Å². The van der Waals surface area contributed by atoms with Crippen molar-refractivity contribution in [2.24, 2.45) is 0 Å². The Morgan fingerprint density at radius 2 is 2.31 bits per heavy atom. The zero-order chi connectivity index (χ0) is 9.26. The lowest BCUT2D eigenvalue weighted by molar-refractivity contribution is 1.24. The first-order valence-corrected chi connectivity index (χ1v) is 5.41. The van der Waals surface area contributed by atoms with Gasteiger partial charge >= 0.3 is 0 Å². The molecule has 0 aliphatic heterocycles. The maximum absolute atomic E-state index is 4.29. The molecule has 0 fully saturated rings. The lowest BCUT2D eigenvalue weighted by Gasteiger charge is -1.95. The van der Waals surface area contributed by atoms with Crippen LogP contribution in [0.3, 0.4) is 0 Å². The predicted molar refractivity (Wildman–Crippen MR) is 57.8 cm³/mol. The number of rotatable bonds is 1. The van der Waals surface area contributed by atoms with Gasteiger partial charge in [-0.3, -0.25) is 4.98 Å². The average Bonchev–Trinajstić information content (AvgIpc) is 2.47. The summed E-state index contributed by atoms with van der Waals surface area (Å²) in [5.41, 5.74) is 2.17. The number of thiazole rings is 1. The van der Waals surface area contributed by atoms with E-state index < -0.39 is 0 Å². The van der Waals surface area contributed by atoms with Gasteiger partial charge in [-0.1, -0.05) is 6.07 Å². The Bertz CT molecular complexity index is 411. The predicted octanol–water partition coefficient (Wildman–Crippen LogP) is 3.28.